The SMILES string of the molecule is CCNc1ncc(S(=O)(=O)NCCSC(F)(F)F)cc1Cl. The van der Waals surface area contributed by atoms with Crippen molar-refractivity contribution >= 4 is 39.2 Å². The van der Waals surface area contributed by atoms with Crippen molar-refractivity contribution in [1.29, 1.82) is 0 Å². The number of rotatable bonds is 7. The van der Waals surface area contributed by atoms with E-state index in [1.807, 2.05) is 6.92 Å². The lowest BCUT2D eigenvalue weighted by Gasteiger charge is -2.10. The van der Waals surface area contributed by atoms with Crippen LogP contribution in [0.5, 0.6) is 0 Å². The van der Waals surface area contributed by atoms with Crippen LogP contribution >= 0.6 is 23.4 Å². The van der Waals surface area contributed by atoms with Crippen molar-refractivity contribution in [2.75, 3.05) is 24.2 Å². The van der Waals surface area contributed by atoms with E-state index in [1.165, 1.54) is 6.07 Å². The molecule has 11 heteroatoms. The molecule has 120 valence electrons. The van der Waals surface area contributed by atoms with Gasteiger partial charge in [0.15, 0.2) is 0 Å². The molecule has 1 rings (SSSR count). The zero-order chi connectivity index (χ0) is 16.1. The highest BCUT2D eigenvalue weighted by Gasteiger charge is 2.27. The summed E-state index contributed by atoms with van der Waals surface area (Å²) in [6.07, 6.45) is 1.09. The van der Waals surface area contributed by atoms with Gasteiger partial charge in [0.05, 0.1) is 5.02 Å². The van der Waals surface area contributed by atoms with Crippen LogP contribution in [-0.4, -0.2) is 37.8 Å². The summed E-state index contributed by atoms with van der Waals surface area (Å²) in [6.45, 7) is 2.04. The molecule has 0 saturated carbocycles. The molecule has 0 bridgehead atoms. The Morgan fingerprint density at radius 2 is 2.10 bits per heavy atom. The maximum Gasteiger partial charge on any atom is 0.441 e. The third-order valence-corrected chi connectivity index (χ3v) is 4.58. The van der Waals surface area contributed by atoms with Gasteiger partial charge in [0.1, 0.15) is 10.7 Å². The highest BCUT2D eigenvalue weighted by Crippen LogP contribution is 2.29. The minimum atomic E-state index is -4.39. The van der Waals surface area contributed by atoms with Crippen LogP contribution in [0.15, 0.2) is 17.2 Å². The Bertz CT molecular complexity index is 581. The highest BCUT2D eigenvalue weighted by molar-refractivity contribution is 8.00. The van der Waals surface area contributed by atoms with E-state index in [-0.39, 0.29) is 28.2 Å². The summed E-state index contributed by atoms with van der Waals surface area (Å²) in [6, 6.07) is 1.19. The highest BCUT2D eigenvalue weighted by atomic mass is 35.5. The van der Waals surface area contributed by atoms with Crippen LogP contribution < -0.4 is 10.0 Å². The van der Waals surface area contributed by atoms with E-state index < -0.39 is 21.3 Å². The Hall–Kier alpha value is -0.710. The Morgan fingerprint density at radius 1 is 1.43 bits per heavy atom. The summed E-state index contributed by atoms with van der Waals surface area (Å²) in [5.41, 5.74) is -4.39. The first-order valence-electron chi connectivity index (χ1n) is 5.75. The Kier molecular flexibility index (Phi) is 6.57. The van der Waals surface area contributed by atoms with Crippen molar-refractivity contribution in [2.24, 2.45) is 0 Å². The first kappa shape index (κ1) is 18.3. The van der Waals surface area contributed by atoms with Crippen molar-refractivity contribution < 1.29 is 21.6 Å². The molecule has 0 aromatic carbocycles. The Labute approximate surface area is 129 Å². The predicted molar refractivity (Wildman–Crippen MR) is 77.1 cm³/mol. The predicted octanol–water partition coefficient (Wildman–Crippen LogP) is 2.70. The molecule has 0 radical (unpaired) electrons. The summed E-state index contributed by atoms with van der Waals surface area (Å²) >= 11 is 5.57. The van der Waals surface area contributed by atoms with E-state index in [2.05, 4.69) is 15.0 Å². The third kappa shape index (κ3) is 6.29. The third-order valence-electron chi connectivity index (χ3n) is 2.13. The second-order valence-electron chi connectivity index (χ2n) is 3.72. The number of nitrogens with zero attached hydrogens (tertiary/aromatic N) is 1. The van der Waals surface area contributed by atoms with Gasteiger partial charge in [-0.25, -0.2) is 18.1 Å². The van der Waals surface area contributed by atoms with Gasteiger partial charge < -0.3 is 5.32 Å². The first-order chi connectivity index (χ1) is 9.65. The van der Waals surface area contributed by atoms with Gasteiger partial charge in [-0.05, 0) is 24.8 Å². The number of thioether (sulfide) groups is 1. The van der Waals surface area contributed by atoms with Crippen molar-refractivity contribution in [3.05, 3.63) is 17.3 Å². The topological polar surface area (TPSA) is 71.1 Å². The number of hydrogen-bond donors (Lipinski definition) is 2. The molecule has 1 aromatic rings. The average molecular weight is 364 g/mol. The lowest BCUT2D eigenvalue weighted by atomic mass is 10.4. The van der Waals surface area contributed by atoms with Crippen LogP contribution in [0.4, 0.5) is 19.0 Å². The molecule has 0 saturated heterocycles. The van der Waals surface area contributed by atoms with Crippen LogP contribution in [-0.2, 0) is 10.0 Å². The second kappa shape index (κ2) is 7.52. The molecule has 2 N–H and O–H groups in total. The van der Waals surface area contributed by atoms with Gasteiger partial charge in [-0.2, -0.15) is 13.2 Å². The van der Waals surface area contributed by atoms with Crippen molar-refractivity contribution in [1.82, 2.24) is 9.71 Å². The fraction of sp³-hybridized carbons (Fsp3) is 0.500. The monoisotopic (exact) mass is 363 g/mol. The smallest absolute Gasteiger partial charge is 0.369 e. The Morgan fingerprint density at radius 3 is 2.62 bits per heavy atom. The minimum absolute atomic E-state index is 0.115. The van der Waals surface area contributed by atoms with Crippen molar-refractivity contribution in [3.63, 3.8) is 0 Å². The fourth-order valence-electron chi connectivity index (χ4n) is 1.29. The van der Waals surface area contributed by atoms with E-state index in [9.17, 15) is 21.6 Å². The first-order valence-corrected chi connectivity index (χ1v) is 8.60. The summed E-state index contributed by atoms with van der Waals surface area (Å²) in [5, 5.41) is 2.95. The number of nitrogens with one attached hydrogen (secondary N) is 2. The zero-order valence-corrected chi connectivity index (χ0v) is 13.3. The van der Waals surface area contributed by atoms with E-state index in [0.717, 1.165) is 6.20 Å². The van der Waals surface area contributed by atoms with Crippen molar-refractivity contribution in [2.45, 2.75) is 17.3 Å². The average Bonchev–Trinajstić information content (AvgIpc) is 2.36. The summed E-state index contributed by atoms with van der Waals surface area (Å²) in [4.78, 5) is 3.65. The van der Waals surface area contributed by atoms with E-state index in [0.29, 0.717) is 12.4 Å². The lowest BCUT2D eigenvalue weighted by molar-refractivity contribution is -0.0327. The molecule has 0 spiro atoms. The number of aromatic nitrogens is 1. The number of hydrogen-bond acceptors (Lipinski definition) is 5. The molecule has 0 aliphatic heterocycles. The molecular weight excluding hydrogens is 351 g/mol. The van der Waals surface area contributed by atoms with Gasteiger partial charge in [0, 0.05) is 25.0 Å². The van der Waals surface area contributed by atoms with Crippen LogP contribution in [0.25, 0.3) is 0 Å². The van der Waals surface area contributed by atoms with Gasteiger partial charge in [-0.1, -0.05) is 11.6 Å². The second-order valence-corrected chi connectivity index (χ2v) is 7.06. The number of alkyl halides is 3. The molecule has 0 amide bonds. The van der Waals surface area contributed by atoms with Crippen LogP contribution in [0.1, 0.15) is 6.92 Å². The van der Waals surface area contributed by atoms with Gasteiger partial charge in [-0.3, -0.25) is 0 Å². The fourth-order valence-corrected chi connectivity index (χ4v) is 3.16. The van der Waals surface area contributed by atoms with E-state index in [1.54, 1.807) is 0 Å². The quantitative estimate of drug-likeness (QED) is 0.729. The van der Waals surface area contributed by atoms with Gasteiger partial charge in [0.25, 0.3) is 0 Å². The largest absolute Gasteiger partial charge is 0.441 e. The van der Waals surface area contributed by atoms with Crippen LogP contribution in [0.3, 0.4) is 0 Å². The van der Waals surface area contributed by atoms with Crippen LogP contribution in [0, 0.1) is 0 Å². The van der Waals surface area contributed by atoms with Gasteiger partial charge >= 0.3 is 5.51 Å². The van der Waals surface area contributed by atoms with E-state index in [4.69, 9.17) is 11.6 Å². The standard InChI is InChI=1S/C10H13ClF3N3O2S2/c1-2-15-9-8(11)5-7(6-16-9)21(18,19)17-3-4-20-10(12,13)14/h5-6,17H,2-4H2,1H3,(H,15,16). The summed E-state index contributed by atoms with van der Waals surface area (Å²) in [7, 11) is -3.94. The maximum absolute atomic E-state index is 11.9. The molecule has 0 atom stereocenters. The zero-order valence-electron chi connectivity index (χ0n) is 10.9. The molecular formula is C10H13ClF3N3O2S2. The number of halogens is 4. The molecule has 0 fully saturated rings. The summed E-state index contributed by atoms with van der Waals surface area (Å²) in [5.74, 6) is -0.0786. The number of sulfonamides is 1. The number of anilines is 1. The molecule has 5 nitrogen and oxygen atoms in total. The molecule has 0 aliphatic carbocycles. The minimum Gasteiger partial charge on any atom is -0.369 e. The van der Waals surface area contributed by atoms with Crippen molar-refractivity contribution in [3.8, 4) is 0 Å². The van der Waals surface area contributed by atoms with E-state index >= 15 is 0 Å². The summed E-state index contributed by atoms with van der Waals surface area (Å²) < 4.78 is 61.5. The molecule has 1 aromatic heterocycles. The number of pyridine rings is 1. The van der Waals surface area contributed by atoms with Crippen LogP contribution in [0.2, 0.25) is 5.02 Å². The molecule has 0 aliphatic rings. The van der Waals surface area contributed by atoms with Gasteiger partial charge in [0.2, 0.25) is 10.0 Å². The lowest BCUT2D eigenvalue weighted by Crippen LogP contribution is -2.27. The Balaban J connectivity index is 2.68. The molecule has 0 unspecified atom stereocenters. The molecule has 21 heavy (non-hydrogen) atoms. The maximum atomic E-state index is 11.9. The normalized spacial score (nSPS) is 12.4. The van der Waals surface area contributed by atoms with Gasteiger partial charge in [-0.15, -0.1) is 0 Å². The molecule has 1 heterocycles.